The van der Waals surface area contributed by atoms with Crippen molar-refractivity contribution in [2.24, 2.45) is 12.8 Å². The second kappa shape index (κ2) is 8.01. The van der Waals surface area contributed by atoms with E-state index in [9.17, 15) is 9.59 Å². The van der Waals surface area contributed by atoms with Gasteiger partial charge in [-0.25, -0.2) is 4.98 Å². The van der Waals surface area contributed by atoms with Gasteiger partial charge in [0.05, 0.1) is 11.8 Å². The number of fused-ring (bicyclic) bond motifs is 1. The summed E-state index contributed by atoms with van der Waals surface area (Å²) < 4.78 is 1.60. The zero-order chi connectivity index (χ0) is 18.1. The molecular weight excluding hydrogens is 342 g/mol. The Morgan fingerprint density at radius 2 is 1.92 bits per heavy atom. The SMILES string of the molecule is CCC(N)(CC)CNC(=O)Cc1c(C)nc2c(c1C)c(=O)[nH]n2C.Cl. The Hall–Kier alpha value is -1.86. The molecule has 0 unspecified atom stereocenters. The highest BCUT2D eigenvalue weighted by Crippen LogP contribution is 2.20. The van der Waals surface area contributed by atoms with Crippen molar-refractivity contribution >= 4 is 29.3 Å². The molecule has 25 heavy (non-hydrogen) atoms. The number of hydrogen-bond donors (Lipinski definition) is 3. The Bertz CT molecular complexity index is 821. The van der Waals surface area contributed by atoms with Gasteiger partial charge in [-0.15, -0.1) is 12.4 Å². The lowest BCUT2D eigenvalue weighted by molar-refractivity contribution is -0.120. The van der Waals surface area contributed by atoms with E-state index in [4.69, 9.17) is 5.73 Å². The molecule has 0 radical (unpaired) electrons. The second-order valence-electron chi connectivity index (χ2n) is 6.52. The highest BCUT2D eigenvalue weighted by atomic mass is 35.5. The van der Waals surface area contributed by atoms with Crippen molar-refractivity contribution in [2.45, 2.75) is 52.5 Å². The maximum Gasteiger partial charge on any atom is 0.273 e. The lowest BCUT2D eigenvalue weighted by Crippen LogP contribution is -2.49. The van der Waals surface area contributed by atoms with Gasteiger partial charge in [-0.2, -0.15) is 0 Å². The number of amides is 1. The highest BCUT2D eigenvalue weighted by Gasteiger charge is 2.22. The summed E-state index contributed by atoms with van der Waals surface area (Å²) in [5.74, 6) is -0.105. The molecule has 0 saturated carbocycles. The van der Waals surface area contributed by atoms with Gasteiger partial charge in [0.2, 0.25) is 5.91 Å². The molecule has 8 heteroatoms. The molecule has 140 valence electrons. The van der Waals surface area contributed by atoms with Gasteiger partial charge in [-0.3, -0.25) is 19.4 Å². The number of nitrogens with one attached hydrogen (secondary N) is 2. The van der Waals surface area contributed by atoms with Gasteiger partial charge in [-0.05, 0) is 37.8 Å². The summed E-state index contributed by atoms with van der Waals surface area (Å²) in [5, 5.41) is 6.16. The summed E-state index contributed by atoms with van der Waals surface area (Å²) in [7, 11) is 1.75. The summed E-state index contributed by atoms with van der Waals surface area (Å²) in [5.41, 5.74) is 8.63. The third-order valence-electron chi connectivity index (χ3n) is 4.96. The number of halogens is 1. The number of pyridine rings is 1. The predicted molar refractivity (Wildman–Crippen MR) is 102 cm³/mol. The molecule has 1 amide bonds. The van der Waals surface area contributed by atoms with E-state index in [0.717, 1.165) is 29.7 Å². The number of nitrogens with zero attached hydrogens (tertiary/aromatic N) is 2. The minimum Gasteiger partial charge on any atom is -0.354 e. The molecule has 0 spiro atoms. The van der Waals surface area contributed by atoms with Crippen LogP contribution in [0.2, 0.25) is 0 Å². The van der Waals surface area contributed by atoms with Crippen LogP contribution in [0.15, 0.2) is 4.79 Å². The van der Waals surface area contributed by atoms with Crippen LogP contribution >= 0.6 is 12.4 Å². The molecular formula is C17H28ClN5O2. The second-order valence-corrected chi connectivity index (χ2v) is 6.52. The summed E-state index contributed by atoms with van der Waals surface area (Å²) in [4.78, 5) is 28.9. The molecule has 7 nitrogen and oxygen atoms in total. The largest absolute Gasteiger partial charge is 0.354 e. The molecule has 0 aromatic carbocycles. The third kappa shape index (κ3) is 4.22. The van der Waals surface area contributed by atoms with Crippen molar-refractivity contribution in [3.8, 4) is 0 Å². The van der Waals surface area contributed by atoms with E-state index in [0.29, 0.717) is 17.6 Å². The maximum absolute atomic E-state index is 12.3. The van der Waals surface area contributed by atoms with Gasteiger partial charge in [0, 0.05) is 24.8 Å². The minimum absolute atomic E-state index is 0. The predicted octanol–water partition coefficient (Wildman–Crippen LogP) is 1.48. The monoisotopic (exact) mass is 369 g/mol. The zero-order valence-corrected chi connectivity index (χ0v) is 16.3. The fourth-order valence-electron chi connectivity index (χ4n) is 2.91. The fraction of sp³-hybridized carbons (Fsp3) is 0.588. The number of aromatic nitrogens is 3. The number of nitrogens with two attached hydrogens (primary N) is 1. The Kier molecular flexibility index (Phi) is 6.79. The number of rotatable bonds is 6. The van der Waals surface area contributed by atoms with Crippen LogP contribution < -0.4 is 16.6 Å². The van der Waals surface area contributed by atoms with E-state index < -0.39 is 0 Å². The molecule has 0 aliphatic carbocycles. The molecule has 2 aromatic rings. The number of hydrogen-bond acceptors (Lipinski definition) is 4. The average Bonchev–Trinajstić information content (AvgIpc) is 2.83. The summed E-state index contributed by atoms with van der Waals surface area (Å²) >= 11 is 0. The lowest BCUT2D eigenvalue weighted by atomic mass is 9.94. The van der Waals surface area contributed by atoms with E-state index in [1.165, 1.54) is 0 Å². The number of aryl methyl sites for hydroxylation is 3. The number of aromatic amines is 1. The van der Waals surface area contributed by atoms with Crippen LogP contribution in [0.25, 0.3) is 11.0 Å². The highest BCUT2D eigenvalue weighted by molar-refractivity contribution is 5.85. The topological polar surface area (TPSA) is 106 Å². The van der Waals surface area contributed by atoms with Crippen molar-refractivity contribution in [3.63, 3.8) is 0 Å². The molecule has 0 fully saturated rings. The van der Waals surface area contributed by atoms with Crippen molar-refractivity contribution in [1.29, 1.82) is 0 Å². The van der Waals surface area contributed by atoms with E-state index in [-0.39, 0.29) is 35.8 Å². The average molecular weight is 370 g/mol. The lowest BCUT2D eigenvalue weighted by Gasteiger charge is -2.26. The molecule has 0 aliphatic heterocycles. The number of carbonyl (C=O) groups excluding carboxylic acids is 1. The first-order valence-corrected chi connectivity index (χ1v) is 8.32. The van der Waals surface area contributed by atoms with Gasteiger partial charge >= 0.3 is 0 Å². The van der Waals surface area contributed by atoms with Crippen LogP contribution in [0.5, 0.6) is 0 Å². The Labute approximate surface area is 153 Å². The van der Waals surface area contributed by atoms with E-state index >= 15 is 0 Å². The molecule has 0 aliphatic rings. The molecule has 0 atom stereocenters. The Morgan fingerprint density at radius 3 is 2.48 bits per heavy atom. The smallest absolute Gasteiger partial charge is 0.273 e. The Morgan fingerprint density at radius 1 is 1.32 bits per heavy atom. The van der Waals surface area contributed by atoms with Crippen molar-refractivity contribution in [3.05, 3.63) is 27.2 Å². The third-order valence-corrected chi connectivity index (χ3v) is 4.96. The van der Waals surface area contributed by atoms with Crippen molar-refractivity contribution < 1.29 is 4.79 Å². The summed E-state index contributed by atoms with van der Waals surface area (Å²) in [6.45, 7) is 8.20. The molecule has 4 N–H and O–H groups in total. The van der Waals surface area contributed by atoms with E-state index in [1.807, 2.05) is 27.7 Å². The first-order valence-electron chi connectivity index (χ1n) is 8.32. The molecule has 0 bridgehead atoms. The van der Waals surface area contributed by atoms with E-state index in [2.05, 4.69) is 15.4 Å². The summed E-state index contributed by atoms with van der Waals surface area (Å²) in [6, 6.07) is 0. The van der Waals surface area contributed by atoms with Crippen LogP contribution in [-0.2, 0) is 18.3 Å². The first-order chi connectivity index (χ1) is 11.2. The maximum atomic E-state index is 12.3. The van der Waals surface area contributed by atoms with Crippen LogP contribution in [-0.4, -0.2) is 32.8 Å². The van der Waals surface area contributed by atoms with Gasteiger partial charge in [0.15, 0.2) is 5.65 Å². The standard InChI is InChI=1S/C17H27N5O2.ClH/c1-6-17(18,7-2)9-19-13(23)8-12-10(3)14-15(20-11(12)4)22(5)21-16(14)24;/h6-9,18H2,1-5H3,(H,19,23)(H,21,24);1H. The molecule has 0 saturated heterocycles. The van der Waals surface area contributed by atoms with Crippen LogP contribution in [0.1, 0.15) is 43.5 Å². The normalized spacial score (nSPS) is 11.4. The number of carbonyl (C=O) groups is 1. The Balaban J connectivity index is 0.00000312. The van der Waals surface area contributed by atoms with Crippen LogP contribution in [0.3, 0.4) is 0 Å². The zero-order valence-electron chi connectivity index (χ0n) is 15.5. The van der Waals surface area contributed by atoms with Gasteiger partial charge in [-0.1, -0.05) is 13.8 Å². The van der Waals surface area contributed by atoms with E-state index in [1.54, 1.807) is 11.7 Å². The van der Waals surface area contributed by atoms with Gasteiger partial charge in [0.25, 0.3) is 5.56 Å². The van der Waals surface area contributed by atoms with Crippen molar-refractivity contribution in [1.82, 2.24) is 20.1 Å². The molecule has 2 heterocycles. The van der Waals surface area contributed by atoms with Gasteiger partial charge < -0.3 is 11.1 Å². The quantitative estimate of drug-likeness (QED) is 0.716. The summed E-state index contributed by atoms with van der Waals surface area (Å²) in [6.07, 6.45) is 1.79. The number of H-pyrrole nitrogens is 1. The van der Waals surface area contributed by atoms with Crippen LogP contribution in [0.4, 0.5) is 0 Å². The molecule has 2 rings (SSSR count). The van der Waals surface area contributed by atoms with Crippen molar-refractivity contribution in [2.75, 3.05) is 6.54 Å². The minimum atomic E-state index is -0.376. The van der Waals surface area contributed by atoms with Crippen LogP contribution in [0, 0.1) is 13.8 Å². The van der Waals surface area contributed by atoms with Gasteiger partial charge in [0.1, 0.15) is 0 Å². The first kappa shape index (κ1) is 21.2. The molecule has 2 aromatic heterocycles. The fourth-order valence-corrected chi connectivity index (χ4v) is 2.91.